The highest BCUT2D eigenvalue weighted by molar-refractivity contribution is 6.18. The summed E-state index contributed by atoms with van der Waals surface area (Å²) in [6.45, 7) is 0.408. The maximum absolute atomic E-state index is 11.9. The molecule has 1 aromatic rings. The summed E-state index contributed by atoms with van der Waals surface area (Å²) in [5, 5.41) is 2.82. The summed E-state index contributed by atoms with van der Waals surface area (Å²) in [5.41, 5.74) is 1.67. The van der Waals surface area contributed by atoms with Gasteiger partial charge in [-0.2, -0.15) is 0 Å². The number of halogens is 1. The molecule has 1 aromatic carbocycles. The van der Waals surface area contributed by atoms with Gasteiger partial charge in [-0.25, -0.2) is 0 Å². The van der Waals surface area contributed by atoms with Crippen LogP contribution in [-0.4, -0.2) is 45.6 Å². The normalized spacial score (nSPS) is 12.0. The van der Waals surface area contributed by atoms with Gasteiger partial charge in [-0.1, -0.05) is 0 Å². The average Bonchev–Trinajstić information content (AvgIpc) is 2.38. The molecule has 4 nitrogen and oxygen atoms in total. The van der Waals surface area contributed by atoms with E-state index in [2.05, 4.69) is 5.32 Å². The molecular weight excluding hydrogens is 252 g/mol. The topological polar surface area (TPSA) is 41.6 Å². The Hall–Kier alpha value is -1.26. The Labute approximate surface area is 113 Å². The van der Waals surface area contributed by atoms with Crippen LogP contribution in [0.25, 0.3) is 0 Å². The molecule has 0 spiro atoms. The highest BCUT2D eigenvalue weighted by atomic mass is 35.5. The van der Waals surface area contributed by atoms with E-state index in [1.165, 1.54) is 0 Å². The first-order valence-electron chi connectivity index (χ1n) is 5.71. The summed E-state index contributed by atoms with van der Waals surface area (Å²) in [7, 11) is 5.49. The van der Waals surface area contributed by atoms with Gasteiger partial charge in [-0.05, 0) is 24.3 Å². The first-order chi connectivity index (χ1) is 8.58. The fraction of sp³-hybridized carbons (Fsp3) is 0.462. The first-order valence-corrected chi connectivity index (χ1v) is 6.25. The van der Waals surface area contributed by atoms with Gasteiger partial charge in [-0.3, -0.25) is 4.79 Å². The second kappa shape index (κ2) is 7.24. The smallest absolute Gasteiger partial charge is 0.251 e. The Morgan fingerprint density at radius 3 is 2.44 bits per heavy atom. The molecule has 1 rings (SSSR count). The van der Waals surface area contributed by atoms with Crippen molar-refractivity contribution in [3.8, 4) is 0 Å². The molecule has 0 aliphatic rings. The van der Waals surface area contributed by atoms with Crippen LogP contribution in [0.4, 0.5) is 5.69 Å². The van der Waals surface area contributed by atoms with Gasteiger partial charge in [0.1, 0.15) is 0 Å². The van der Waals surface area contributed by atoms with Crippen molar-refractivity contribution >= 4 is 23.2 Å². The number of carbonyl (C=O) groups excluding carboxylic acids is 1. The molecule has 1 amide bonds. The number of carbonyl (C=O) groups is 1. The van der Waals surface area contributed by atoms with Crippen LogP contribution in [0.5, 0.6) is 0 Å². The van der Waals surface area contributed by atoms with Gasteiger partial charge >= 0.3 is 0 Å². The minimum atomic E-state index is -0.169. The third-order valence-electron chi connectivity index (χ3n) is 2.54. The highest BCUT2D eigenvalue weighted by Crippen LogP contribution is 2.12. The number of anilines is 1. The fourth-order valence-corrected chi connectivity index (χ4v) is 1.67. The number of ether oxygens (including phenoxy) is 1. The zero-order chi connectivity index (χ0) is 13.5. The lowest BCUT2D eigenvalue weighted by Gasteiger charge is -2.16. The Morgan fingerprint density at radius 1 is 1.39 bits per heavy atom. The zero-order valence-corrected chi connectivity index (χ0v) is 11.7. The molecule has 0 aromatic heterocycles. The first kappa shape index (κ1) is 14.8. The van der Waals surface area contributed by atoms with Crippen LogP contribution in [-0.2, 0) is 4.74 Å². The Bertz CT molecular complexity index is 379. The van der Waals surface area contributed by atoms with E-state index in [-0.39, 0.29) is 11.9 Å². The Balaban J connectivity index is 2.66. The van der Waals surface area contributed by atoms with Gasteiger partial charge < -0.3 is 15.0 Å². The second-order valence-corrected chi connectivity index (χ2v) is 4.53. The molecule has 0 saturated heterocycles. The fourth-order valence-electron chi connectivity index (χ4n) is 1.51. The van der Waals surface area contributed by atoms with Gasteiger partial charge in [0, 0.05) is 38.3 Å². The number of amides is 1. The van der Waals surface area contributed by atoms with E-state index in [9.17, 15) is 4.79 Å². The lowest BCUT2D eigenvalue weighted by atomic mass is 10.2. The van der Waals surface area contributed by atoms with E-state index >= 15 is 0 Å². The highest BCUT2D eigenvalue weighted by Gasteiger charge is 2.12. The second-order valence-electron chi connectivity index (χ2n) is 4.22. The number of hydrogen-bond acceptors (Lipinski definition) is 3. The summed E-state index contributed by atoms with van der Waals surface area (Å²) in [5.74, 6) is 0.193. The molecule has 0 aliphatic carbocycles. The van der Waals surface area contributed by atoms with Crippen LogP contribution in [0.2, 0.25) is 0 Å². The lowest BCUT2D eigenvalue weighted by Crippen LogP contribution is -2.39. The molecule has 18 heavy (non-hydrogen) atoms. The van der Waals surface area contributed by atoms with Crippen molar-refractivity contribution in [1.29, 1.82) is 0 Å². The van der Waals surface area contributed by atoms with E-state index in [4.69, 9.17) is 16.3 Å². The number of nitrogens with one attached hydrogen (secondary N) is 1. The third kappa shape index (κ3) is 4.20. The average molecular weight is 271 g/mol. The maximum atomic E-state index is 11.9. The molecule has 0 saturated carbocycles. The SMILES string of the molecule is COCC(CCl)NC(=O)c1ccc(N(C)C)cc1. The molecule has 1 unspecified atom stereocenters. The maximum Gasteiger partial charge on any atom is 0.251 e. The Morgan fingerprint density at radius 2 is 2.00 bits per heavy atom. The van der Waals surface area contributed by atoms with Crippen molar-refractivity contribution < 1.29 is 9.53 Å². The van der Waals surface area contributed by atoms with Crippen molar-refractivity contribution in [2.75, 3.05) is 38.6 Å². The number of hydrogen-bond donors (Lipinski definition) is 1. The van der Waals surface area contributed by atoms with E-state index in [0.717, 1.165) is 5.69 Å². The van der Waals surface area contributed by atoms with Crippen LogP contribution in [0.15, 0.2) is 24.3 Å². The summed E-state index contributed by atoms with van der Waals surface area (Å²) in [6, 6.07) is 7.23. The molecule has 1 atom stereocenters. The monoisotopic (exact) mass is 270 g/mol. The van der Waals surface area contributed by atoms with Gasteiger partial charge in [0.05, 0.1) is 12.6 Å². The number of nitrogens with zero attached hydrogens (tertiary/aromatic N) is 1. The molecule has 0 aliphatic heterocycles. The van der Waals surface area contributed by atoms with Gasteiger partial charge in [0.15, 0.2) is 0 Å². The number of rotatable bonds is 6. The van der Waals surface area contributed by atoms with Crippen molar-refractivity contribution in [3.63, 3.8) is 0 Å². The van der Waals surface area contributed by atoms with E-state index < -0.39 is 0 Å². The Kier molecular flexibility index (Phi) is 5.95. The van der Waals surface area contributed by atoms with Gasteiger partial charge in [-0.15, -0.1) is 11.6 Å². The molecule has 0 heterocycles. The largest absolute Gasteiger partial charge is 0.383 e. The van der Waals surface area contributed by atoms with Crippen LogP contribution < -0.4 is 10.2 Å². The molecule has 100 valence electrons. The molecule has 0 radical (unpaired) electrons. The predicted octanol–water partition coefficient (Wildman–Crippen LogP) is 1.74. The van der Waals surface area contributed by atoms with Crippen LogP contribution in [0, 0.1) is 0 Å². The van der Waals surface area contributed by atoms with Crippen LogP contribution in [0.1, 0.15) is 10.4 Å². The predicted molar refractivity (Wildman–Crippen MR) is 74.6 cm³/mol. The van der Waals surface area contributed by atoms with Crippen molar-refractivity contribution in [2.24, 2.45) is 0 Å². The molecule has 0 fully saturated rings. The van der Waals surface area contributed by atoms with E-state index in [0.29, 0.717) is 18.1 Å². The molecule has 1 N–H and O–H groups in total. The molecule has 5 heteroatoms. The lowest BCUT2D eigenvalue weighted by molar-refractivity contribution is 0.0907. The number of benzene rings is 1. The van der Waals surface area contributed by atoms with E-state index in [1.807, 2.05) is 31.1 Å². The van der Waals surface area contributed by atoms with Crippen molar-refractivity contribution in [1.82, 2.24) is 5.32 Å². The van der Waals surface area contributed by atoms with Gasteiger partial charge in [0.25, 0.3) is 5.91 Å². The van der Waals surface area contributed by atoms with Crippen molar-refractivity contribution in [2.45, 2.75) is 6.04 Å². The number of alkyl halides is 1. The molecule has 0 bridgehead atoms. The van der Waals surface area contributed by atoms with Crippen LogP contribution >= 0.6 is 11.6 Å². The van der Waals surface area contributed by atoms with Crippen LogP contribution in [0.3, 0.4) is 0 Å². The van der Waals surface area contributed by atoms with E-state index in [1.54, 1.807) is 19.2 Å². The molecular formula is C13H19ClN2O2. The van der Waals surface area contributed by atoms with Gasteiger partial charge in [0.2, 0.25) is 0 Å². The summed E-state index contributed by atoms with van der Waals surface area (Å²) >= 11 is 5.74. The standard InChI is InChI=1S/C13H19ClN2O2/c1-16(2)12-6-4-10(5-7-12)13(17)15-11(8-14)9-18-3/h4-7,11H,8-9H2,1-3H3,(H,15,17). The summed E-state index contributed by atoms with van der Waals surface area (Å²) < 4.78 is 4.98. The minimum absolute atomic E-state index is 0.136. The minimum Gasteiger partial charge on any atom is -0.383 e. The zero-order valence-electron chi connectivity index (χ0n) is 10.9. The summed E-state index contributed by atoms with van der Waals surface area (Å²) in [6.07, 6.45) is 0. The quantitative estimate of drug-likeness (QED) is 0.801. The third-order valence-corrected chi connectivity index (χ3v) is 2.91. The summed E-state index contributed by atoms with van der Waals surface area (Å²) in [4.78, 5) is 13.9. The number of methoxy groups -OCH3 is 1. The van der Waals surface area contributed by atoms with Crippen molar-refractivity contribution in [3.05, 3.63) is 29.8 Å².